The molecule has 1 amide bonds. The van der Waals surface area contributed by atoms with Crippen molar-refractivity contribution in [3.63, 3.8) is 0 Å². The predicted octanol–water partition coefficient (Wildman–Crippen LogP) is 3.23. The van der Waals surface area contributed by atoms with Gasteiger partial charge in [0.2, 0.25) is 5.91 Å². The lowest BCUT2D eigenvalue weighted by atomic mass is 10.00. The number of amides is 1. The summed E-state index contributed by atoms with van der Waals surface area (Å²) in [5, 5.41) is 14.7. The fraction of sp³-hybridized carbons (Fsp3) is 0.350. The first-order valence-corrected chi connectivity index (χ1v) is 8.90. The number of rotatable bonds is 8. The van der Waals surface area contributed by atoms with E-state index in [1.54, 1.807) is 38.7 Å². The highest BCUT2D eigenvalue weighted by atomic mass is 16.5. The number of nitrogens with zero attached hydrogens (tertiary/aromatic N) is 2. The van der Waals surface area contributed by atoms with Crippen LogP contribution in [0.1, 0.15) is 43.0 Å². The van der Waals surface area contributed by atoms with Crippen molar-refractivity contribution >= 4 is 17.6 Å². The van der Waals surface area contributed by atoms with Crippen LogP contribution in [0.4, 0.5) is 0 Å². The molecule has 0 spiro atoms. The van der Waals surface area contributed by atoms with E-state index in [9.17, 15) is 9.59 Å². The Hall–Kier alpha value is -3.29. The largest absolute Gasteiger partial charge is 0.493 e. The second-order valence-electron chi connectivity index (χ2n) is 6.34. The summed E-state index contributed by atoms with van der Waals surface area (Å²) in [6.45, 7) is 0. The first-order chi connectivity index (χ1) is 13.5. The van der Waals surface area contributed by atoms with Gasteiger partial charge in [0.05, 0.1) is 26.5 Å². The Labute approximate surface area is 162 Å². The molecule has 0 radical (unpaired) electrons. The minimum absolute atomic E-state index is 0.0602. The summed E-state index contributed by atoms with van der Waals surface area (Å²) < 4.78 is 16.1. The third kappa shape index (κ3) is 4.16. The number of aliphatic carboxylic acids is 1. The standard InChI is InChI=1S/C20H22N2O6/c1-26-17-9-8-13(11-18(17)27-2)15-12-14(16-5-4-10-28-16)21-22(15)19(23)6-3-7-20(24)25/h4-5,8-11,15H,3,6-7,12H2,1-2H3,(H,24,25)/t15-/m0/s1. The number of carbonyl (C=O) groups is 2. The minimum Gasteiger partial charge on any atom is -0.493 e. The molecule has 1 aromatic carbocycles. The van der Waals surface area contributed by atoms with Gasteiger partial charge in [-0.15, -0.1) is 0 Å². The molecule has 0 saturated carbocycles. The van der Waals surface area contributed by atoms with Crippen molar-refractivity contribution in [2.24, 2.45) is 5.10 Å². The summed E-state index contributed by atoms with van der Waals surface area (Å²) in [4.78, 5) is 23.5. The lowest BCUT2D eigenvalue weighted by molar-refractivity contribution is -0.137. The van der Waals surface area contributed by atoms with Gasteiger partial charge in [-0.2, -0.15) is 5.10 Å². The van der Waals surface area contributed by atoms with Crippen LogP contribution in [-0.4, -0.2) is 41.9 Å². The number of hydrogen-bond acceptors (Lipinski definition) is 6. The average molecular weight is 386 g/mol. The molecule has 28 heavy (non-hydrogen) atoms. The van der Waals surface area contributed by atoms with Gasteiger partial charge in [0.15, 0.2) is 11.5 Å². The second kappa shape index (κ2) is 8.60. The van der Waals surface area contributed by atoms with Crippen molar-refractivity contribution in [3.05, 3.63) is 47.9 Å². The summed E-state index contributed by atoms with van der Waals surface area (Å²) in [5.74, 6) is 0.597. The van der Waals surface area contributed by atoms with E-state index in [4.69, 9.17) is 19.0 Å². The van der Waals surface area contributed by atoms with E-state index in [0.717, 1.165) is 5.56 Å². The average Bonchev–Trinajstić information content (AvgIpc) is 3.36. The Morgan fingerprint density at radius 3 is 2.64 bits per heavy atom. The van der Waals surface area contributed by atoms with E-state index in [1.807, 2.05) is 12.1 Å². The fourth-order valence-electron chi connectivity index (χ4n) is 3.16. The Bertz CT molecular complexity index is 875. The predicted molar refractivity (Wildman–Crippen MR) is 100 cm³/mol. The molecule has 0 bridgehead atoms. The van der Waals surface area contributed by atoms with Gasteiger partial charge in [-0.25, -0.2) is 5.01 Å². The minimum atomic E-state index is -0.926. The van der Waals surface area contributed by atoms with Crippen LogP contribution in [0.25, 0.3) is 0 Å². The van der Waals surface area contributed by atoms with Crippen molar-refractivity contribution < 1.29 is 28.6 Å². The zero-order valence-corrected chi connectivity index (χ0v) is 15.8. The topological polar surface area (TPSA) is 102 Å². The van der Waals surface area contributed by atoms with Crippen LogP contribution in [0.5, 0.6) is 11.5 Å². The van der Waals surface area contributed by atoms with Crippen LogP contribution in [-0.2, 0) is 9.59 Å². The number of ether oxygens (including phenoxy) is 2. The zero-order valence-electron chi connectivity index (χ0n) is 15.8. The summed E-state index contributed by atoms with van der Waals surface area (Å²) >= 11 is 0. The zero-order chi connectivity index (χ0) is 20.1. The second-order valence-corrected chi connectivity index (χ2v) is 6.34. The molecule has 3 rings (SSSR count). The Morgan fingerprint density at radius 2 is 2.00 bits per heavy atom. The molecule has 1 N–H and O–H groups in total. The molecule has 1 aliphatic heterocycles. The molecule has 0 unspecified atom stereocenters. The van der Waals surface area contributed by atoms with Crippen molar-refractivity contribution in [1.29, 1.82) is 0 Å². The van der Waals surface area contributed by atoms with Crippen LogP contribution in [0.15, 0.2) is 46.1 Å². The van der Waals surface area contributed by atoms with E-state index in [1.165, 1.54) is 5.01 Å². The molecule has 8 heteroatoms. The van der Waals surface area contributed by atoms with E-state index in [2.05, 4.69) is 5.10 Å². The Morgan fingerprint density at radius 1 is 1.21 bits per heavy atom. The smallest absolute Gasteiger partial charge is 0.303 e. The van der Waals surface area contributed by atoms with E-state index in [0.29, 0.717) is 29.4 Å². The van der Waals surface area contributed by atoms with Gasteiger partial charge in [-0.1, -0.05) is 6.07 Å². The molecule has 1 aromatic heterocycles. The van der Waals surface area contributed by atoms with Gasteiger partial charge in [0.25, 0.3) is 0 Å². The Kier molecular flexibility index (Phi) is 5.98. The number of hydrogen-bond donors (Lipinski definition) is 1. The van der Waals surface area contributed by atoms with Gasteiger partial charge < -0.3 is 19.0 Å². The molecular formula is C20H22N2O6. The van der Waals surface area contributed by atoms with Crippen molar-refractivity contribution in [2.45, 2.75) is 31.7 Å². The van der Waals surface area contributed by atoms with Crippen molar-refractivity contribution in [2.75, 3.05) is 14.2 Å². The molecular weight excluding hydrogens is 364 g/mol. The lowest BCUT2D eigenvalue weighted by Gasteiger charge is -2.23. The van der Waals surface area contributed by atoms with Crippen LogP contribution in [0.3, 0.4) is 0 Å². The van der Waals surface area contributed by atoms with Gasteiger partial charge in [0.1, 0.15) is 11.5 Å². The Balaban J connectivity index is 1.87. The van der Waals surface area contributed by atoms with E-state index >= 15 is 0 Å². The van der Waals surface area contributed by atoms with Crippen molar-refractivity contribution in [3.8, 4) is 11.5 Å². The number of carbonyl (C=O) groups excluding carboxylic acids is 1. The SMILES string of the molecule is COc1ccc([C@@H]2CC(c3ccco3)=NN2C(=O)CCCC(=O)O)cc1OC. The van der Waals surface area contributed by atoms with Crippen LogP contribution < -0.4 is 9.47 Å². The molecule has 0 fully saturated rings. The number of carboxylic acids is 1. The fourth-order valence-corrected chi connectivity index (χ4v) is 3.16. The summed E-state index contributed by atoms with van der Waals surface area (Å²) in [7, 11) is 3.11. The number of benzene rings is 1. The van der Waals surface area contributed by atoms with Gasteiger partial charge in [-0.3, -0.25) is 9.59 Å². The van der Waals surface area contributed by atoms with Crippen LogP contribution in [0, 0.1) is 0 Å². The first kappa shape index (κ1) is 19.5. The normalized spacial score (nSPS) is 16.0. The summed E-state index contributed by atoms with van der Waals surface area (Å²) in [5.41, 5.74) is 1.51. The first-order valence-electron chi connectivity index (χ1n) is 8.90. The van der Waals surface area contributed by atoms with Crippen LogP contribution in [0.2, 0.25) is 0 Å². The molecule has 0 aliphatic carbocycles. The van der Waals surface area contributed by atoms with Crippen molar-refractivity contribution in [1.82, 2.24) is 5.01 Å². The lowest BCUT2D eigenvalue weighted by Crippen LogP contribution is -2.27. The molecule has 2 heterocycles. The van der Waals surface area contributed by atoms with Gasteiger partial charge in [0, 0.05) is 19.3 Å². The quantitative estimate of drug-likeness (QED) is 0.747. The molecule has 148 valence electrons. The summed E-state index contributed by atoms with van der Waals surface area (Å²) in [6, 6.07) is 8.69. The van der Waals surface area contributed by atoms with E-state index in [-0.39, 0.29) is 31.2 Å². The number of hydrazone groups is 1. The third-order valence-corrected chi connectivity index (χ3v) is 4.55. The summed E-state index contributed by atoms with van der Waals surface area (Å²) in [6.07, 6.45) is 2.34. The third-order valence-electron chi connectivity index (χ3n) is 4.55. The highest BCUT2D eigenvalue weighted by Crippen LogP contribution is 2.37. The highest BCUT2D eigenvalue weighted by molar-refractivity contribution is 6.01. The molecule has 0 saturated heterocycles. The number of furan rings is 1. The highest BCUT2D eigenvalue weighted by Gasteiger charge is 2.34. The monoisotopic (exact) mass is 386 g/mol. The maximum absolute atomic E-state index is 12.7. The molecule has 8 nitrogen and oxygen atoms in total. The number of carboxylic acid groups (broad SMARTS) is 1. The molecule has 1 atom stereocenters. The maximum Gasteiger partial charge on any atom is 0.303 e. The number of methoxy groups -OCH3 is 2. The van der Waals surface area contributed by atoms with Crippen LogP contribution >= 0.6 is 0 Å². The van der Waals surface area contributed by atoms with E-state index < -0.39 is 5.97 Å². The molecule has 1 aliphatic rings. The maximum atomic E-state index is 12.7. The molecule has 2 aromatic rings. The van der Waals surface area contributed by atoms with Gasteiger partial charge in [-0.05, 0) is 36.2 Å². The van der Waals surface area contributed by atoms with Gasteiger partial charge >= 0.3 is 5.97 Å².